The third-order valence-electron chi connectivity index (χ3n) is 7.14. The van der Waals surface area contributed by atoms with Crippen LogP contribution >= 0.6 is 0 Å². The molecular formula is C32H32F6O3. The normalized spacial score (nSPS) is 15.0. The zero-order valence-electron chi connectivity index (χ0n) is 23.0. The number of allylic oxidation sites excluding steroid dienone is 2. The van der Waals surface area contributed by atoms with E-state index in [1.807, 2.05) is 6.92 Å². The third-order valence-corrected chi connectivity index (χ3v) is 7.14. The molecule has 0 saturated carbocycles. The molecule has 9 heteroatoms. The Morgan fingerprint density at radius 3 is 2.05 bits per heavy atom. The quantitative estimate of drug-likeness (QED) is 0.158. The standard InChI is InChI=1S/C32H32F6O3/c1-3-5-6-17-40-25-14-11-21(27(33)30(25)36)18-41-26-16-13-23(29(35)32(26)38)20-9-7-19(8-10-20)22-12-15-24(39-4-2)31(37)28(22)34/h9,11-16,19H,3-8,10,17-18H2,1-2H3. The number of hydrogen-bond donors (Lipinski definition) is 0. The fourth-order valence-corrected chi connectivity index (χ4v) is 4.87. The third kappa shape index (κ3) is 6.82. The van der Waals surface area contributed by atoms with Gasteiger partial charge in [-0.15, -0.1) is 0 Å². The Morgan fingerprint density at radius 2 is 1.34 bits per heavy atom. The van der Waals surface area contributed by atoms with Crippen molar-refractivity contribution >= 4 is 5.57 Å². The second-order valence-electron chi connectivity index (χ2n) is 9.85. The molecule has 0 aliphatic heterocycles. The van der Waals surface area contributed by atoms with Crippen molar-refractivity contribution in [2.24, 2.45) is 0 Å². The van der Waals surface area contributed by atoms with Gasteiger partial charge in [-0.25, -0.2) is 13.2 Å². The number of benzene rings is 3. The Hall–Kier alpha value is -3.62. The Bertz CT molecular complexity index is 1400. The molecule has 0 N–H and O–H groups in total. The number of rotatable bonds is 12. The summed E-state index contributed by atoms with van der Waals surface area (Å²) in [4.78, 5) is 0. The fourth-order valence-electron chi connectivity index (χ4n) is 4.87. The van der Waals surface area contributed by atoms with Crippen LogP contribution in [0, 0.1) is 34.9 Å². The van der Waals surface area contributed by atoms with Gasteiger partial charge in [0, 0.05) is 11.1 Å². The van der Waals surface area contributed by atoms with Gasteiger partial charge in [0.15, 0.2) is 34.7 Å². The van der Waals surface area contributed by atoms with Gasteiger partial charge in [0.05, 0.1) is 13.2 Å². The monoisotopic (exact) mass is 578 g/mol. The van der Waals surface area contributed by atoms with Crippen LogP contribution in [-0.2, 0) is 6.61 Å². The lowest BCUT2D eigenvalue weighted by Gasteiger charge is -2.24. The van der Waals surface area contributed by atoms with Crippen LogP contribution < -0.4 is 14.2 Å². The first kappa shape index (κ1) is 30.3. The van der Waals surface area contributed by atoms with Crippen molar-refractivity contribution in [3.05, 3.63) is 94.1 Å². The van der Waals surface area contributed by atoms with E-state index in [2.05, 4.69) is 0 Å². The van der Waals surface area contributed by atoms with Crippen LogP contribution in [0.15, 0.2) is 42.5 Å². The molecule has 1 aliphatic carbocycles. The summed E-state index contributed by atoms with van der Waals surface area (Å²) in [5.74, 6) is -7.93. The minimum Gasteiger partial charge on any atom is -0.491 e. The maximum atomic E-state index is 15.0. The molecule has 1 aliphatic rings. The summed E-state index contributed by atoms with van der Waals surface area (Å²) in [6.45, 7) is 3.62. The maximum Gasteiger partial charge on any atom is 0.201 e. The number of ether oxygens (including phenoxy) is 3. The van der Waals surface area contributed by atoms with Gasteiger partial charge in [-0.1, -0.05) is 31.9 Å². The van der Waals surface area contributed by atoms with Crippen molar-refractivity contribution in [3.63, 3.8) is 0 Å². The highest BCUT2D eigenvalue weighted by Crippen LogP contribution is 2.40. The molecule has 0 radical (unpaired) electrons. The van der Waals surface area contributed by atoms with E-state index >= 15 is 4.39 Å². The maximum absolute atomic E-state index is 15.0. The van der Waals surface area contributed by atoms with E-state index in [0.29, 0.717) is 31.3 Å². The predicted octanol–water partition coefficient (Wildman–Crippen LogP) is 9.42. The van der Waals surface area contributed by atoms with E-state index < -0.39 is 47.3 Å². The van der Waals surface area contributed by atoms with Crippen LogP contribution in [0.3, 0.4) is 0 Å². The zero-order valence-corrected chi connectivity index (χ0v) is 23.0. The molecule has 0 saturated heterocycles. The van der Waals surface area contributed by atoms with Crippen LogP contribution in [0.4, 0.5) is 26.3 Å². The summed E-state index contributed by atoms with van der Waals surface area (Å²) < 4.78 is 103. The SMILES string of the molecule is CCCCCOc1ccc(COc2ccc(C3=CCC(c4ccc(OCC)c(F)c4F)CC3)c(F)c2F)c(F)c1F. The van der Waals surface area contributed by atoms with Crippen LogP contribution in [-0.4, -0.2) is 13.2 Å². The van der Waals surface area contributed by atoms with Crippen LogP contribution in [0.5, 0.6) is 17.2 Å². The van der Waals surface area contributed by atoms with E-state index in [1.54, 1.807) is 13.0 Å². The van der Waals surface area contributed by atoms with Gasteiger partial charge in [-0.05, 0) is 80.0 Å². The highest BCUT2D eigenvalue weighted by molar-refractivity contribution is 5.68. The molecule has 4 rings (SSSR count). The summed E-state index contributed by atoms with van der Waals surface area (Å²) in [6.07, 6.45) is 5.28. The molecule has 3 aromatic rings. The van der Waals surface area contributed by atoms with Crippen LogP contribution in [0.1, 0.15) is 75.0 Å². The number of unbranched alkanes of at least 4 members (excludes halogenated alkanes) is 2. The largest absolute Gasteiger partial charge is 0.491 e. The van der Waals surface area contributed by atoms with Gasteiger partial charge < -0.3 is 14.2 Å². The Morgan fingerprint density at radius 1 is 0.683 bits per heavy atom. The second-order valence-corrected chi connectivity index (χ2v) is 9.85. The highest BCUT2D eigenvalue weighted by atomic mass is 19.2. The average molecular weight is 579 g/mol. The molecule has 3 nitrogen and oxygen atoms in total. The van der Waals surface area contributed by atoms with Crippen LogP contribution in [0.25, 0.3) is 5.57 Å². The van der Waals surface area contributed by atoms with Gasteiger partial charge >= 0.3 is 0 Å². The van der Waals surface area contributed by atoms with Crippen molar-refractivity contribution < 1.29 is 40.6 Å². The molecule has 3 aromatic carbocycles. The summed E-state index contributed by atoms with van der Waals surface area (Å²) in [6, 6.07) is 8.00. The molecule has 0 fully saturated rings. The van der Waals surface area contributed by atoms with Crippen molar-refractivity contribution in [3.8, 4) is 17.2 Å². The lowest BCUT2D eigenvalue weighted by Crippen LogP contribution is -2.09. The molecule has 1 atom stereocenters. The fraction of sp³-hybridized carbons (Fsp3) is 0.375. The van der Waals surface area contributed by atoms with Gasteiger partial charge in [-0.3, -0.25) is 0 Å². The van der Waals surface area contributed by atoms with Crippen molar-refractivity contribution in [1.29, 1.82) is 0 Å². The molecule has 0 spiro atoms. The summed E-state index contributed by atoms with van der Waals surface area (Å²) in [7, 11) is 0. The predicted molar refractivity (Wildman–Crippen MR) is 144 cm³/mol. The first-order valence-corrected chi connectivity index (χ1v) is 13.8. The van der Waals surface area contributed by atoms with Crippen LogP contribution in [0.2, 0.25) is 0 Å². The van der Waals surface area contributed by atoms with E-state index in [1.165, 1.54) is 36.4 Å². The summed E-state index contributed by atoms with van der Waals surface area (Å²) >= 11 is 0. The molecule has 0 heterocycles. The van der Waals surface area contributed by atoms with Gasteiger partial charge in [0.25, 0.3) is 0 Å². The Kier molecular flexibility index (Phi) is 10.2. The summed E-state index contributed by atoms with van der Waals surface area (Å²) in [5, 5.41) is 0. The molecule has 0 bridgehead atoms. The molecule has 1 unspecified atom stereocenters. The van der Waals surface area contributed by atoms with E-state index in [9.17, 15) is 22.0 Å². The first-order chi connectivity index (χ1) is 19.8. The Balaban J connectivity index is 1.42. The second kappa shape index (κ2) is 13.8. The average Bonchev–Trinajstić information content (AvgIpc) is 2.97. The zero-order chi connectivity index (χ0) is 29.5. The lowest BCUT2D eigenvalue weighted by molar-refractivity contribution is 0.269. The molecule has 0 amide bonds. The smallest absolute Gasteiger partial charge is 0.201 e. The first-order valence-electron chi connectivity index (χ1n) is 13.8. The molecule has 41 heavy (non-hydrogen) atoms. The van der Waals surface area contributed by atoms with Gasteiger partial charge in [-0.2, -0.15) is 13.2 Å². The van der Waals surface area contributed by atoms with E-state index in [0.717, 1.165) is 12.8 Å². The van der Waals surface area contributed by atoms with Gasteiger partial charge in [0.2, 0.25) is 17.5 Å². The number of halogens is 6. The summed E-state index contributed by atoms with van der Waals surface area (Å²) in [5.41, 5.74) is 0.579. The molecular weight excluding hydrogens is 546 g/mol. The Labute approximate surface area is 235 Å². The molecule has 0 aromatic heterocycles. The van der Waals surface area contributed by atoms with E-state index in [4.69, 9.17) is 14.2 Å². The topological polar surface area (TPSA) is 27.7 Å². The lowest BCUT2D eigenvalue weighted by atomic mass is 9.82. The van der Waals surface area contributed by atoms with Crippen molar-refractivity contribution in [1.82, 2.24) is 0 Å². The van der Waals surface area contributed by atoms with Gasteiger partial charge in [0.1, 0.15) is 6.61 Å². The highest BCUT2D eigenvalue weighted by Gasteiger charge is 2.26. The van der Waals surface area contributed by atoms with E-state index in [-0.39, 0.29) is 47.3 Å². The number of hydrogen-bond acceptors (Lipinski definition) is 3. The minimum atomic E-state index is -1.26. The minimum absolute atomic E-state index is 0.0217. The van der Waals surface area contributed by atoms with Crippen molar-refractivity contribution in [2.45, 2.75) is 64.9 Å². The molecule has 220 valence electrons. The van der Waals surface area contributed by atoms with Crippen molar-refractivity contribution in [2.75, 3.05) is 13.2 Å².